The average molecular weight is 135 g/mol. The van der Waals surface area contributed by atoms with Crippen molar-refractivity contribution in [1.29, 1.82) is 5.41 Å². The number of hydrogen-bond donors (Lipinski definition) is 2. The van der Waals surface area contributed by atoms with Crippen molar-refractivity contribution in [3.8, 4) is 0 Å². The Morgan fingerprint density at radius 2 is 2.38 bits per heavy atom. The van der Waals surface area contributed by atoms with Gasteiger partial charge in [-0.2, -0.15) is 0 Å². The van der Waals surface area contributed by atoms with Crippen LogP contribution in [0, 0.1) is 5.41 Å². The van der Waals surface area contributed by atoms with Gasteiger partial charge in [-0.1, -0.05) is 6.92 Å². The molecule has 0 atom stereocenters. The molecule has 2 nitrogen and oxygen atoms in total. The molecule has 8 heavy (non-hydrogen) atoms. The Hall–Kier alpha value is -0.240. The van der Waals surface area contributed by atoms with E-state index in [0.29, 0.717) is 11.7 Å². The molecule has 0 bridgehead atoms. The van der Waals surface area contributed by atoms with Crippen LogP contribution in [0.1, 0.15) is 13.3 Å². The molecular formula is C5H11ClN2. The lowest BCUT2D eigenvalue weighted by molar-refractivity contribution is 0.833. The molecule has 3 heteroatoms. The molecule has 0 aromatic carbocycles. The molecule has 0 aromatic heterocycles. The zero-order valence-electron chi connectivity index (χ0n) is 5.00. The van der Waals surface area contributed by atoms with Crippen LogP contribution in [0.15, 0.2) is 0 Å². The highest BCUT2D eigenvalue weighted by Gasteiger charge is 1.87. The Labute approximate surface area is 54.7 Å². The van der Waals surface area contributed by atoms with Gasteiger partial charge in [-0.25, -0.2) is 0 Å². The first-order valence-electron chi connectivity index (χ1n) is 2.68. The molecule has 0 aliphatic rings. The first-order chi connectivity index (χ1) is 3.81. The quantitative estimate of drug-likeness (QED) is 0.340. The lowest BCUT2D eigenvalue weighted by Gasteiger charge is -1.99. The van der Waals surface area contributed by atoms with Gasteiger partial charge < -0.3 is 5.32 Å². The molecule has 48 valence electrons. The van der Waals surface area contributed by atoms with E-state index in [1.807, 2.05) is 0 Å². The summed E-state index contributed by atoms with van der Waals surface area (Å²) in [5, 5.41) is 9.83. The molecule has 0 saturated heterocycles. The minimum absolute atomic E-state index is 0.292. The third kappa shape index (κ3) is 3.93. The van der Waals surface area contributed by atoms with Crippen LogP contribution in [0.5, 0.6) is 0 Å². The maximum atomic E-state index is 7.00. The van der Waals surface area contributed by atoms with Crippen LogP contribution in [0.25, 0.3) is 0 Å². The fourth-order valence-corrected chi connectivity index (χ4v) is 0.418. The van der Waals surface area contributed by atoms with E-state index in [4.69, 9.17) is 17.0 Å². The molecular weight excluding hydrogens is 124 g/mol. The number of amidine groups is 1. The Balaban J connectivity index is 2.99. The van der Waals surface area contributed by atoms with Crippen LogP contribution >= 0.6 is 11.6 Å². The molecule has 0 amide bonds. The van der Waals surface area contributed by atoms with Crippen LogP contribution in [0.2, 0.25) is 0 Å². The van der Waals surface area contributed by atoms with Gasteiger partial charge in [-0.05, 0) is 6.42 Å². The van der Waals surface area contributed by atoms with E-state index >= 15 is 0 Å². The zero-order chi connectivity index (χ0) is 6.41. The van der Waals surface area contributed by atoms with Crippen molar-refractivity contribution in [2.45, 2.75) is 13.3 Å². The van der Waals surface area contributed by atoms with Crippen LogP contribution in [0.3, 0.4) is 0 Å². The summed E-state index contributed by atoms with van der Waals surface area (Å²) in [6.07, 6.45) is 1.04. The SMILES string of the molecule is CCCNC(=N)CCl. The molecule has 0 unspecified atom stereocenters. The molecule has 0 aliphatic heterocycles. The van der Waals surface area contributed by atoms with E-state index in [1.165, 1.54) is 0 Å². The van der Waals surface area contributed by atoms with Crippen molar-refractivity contribution in [1.82, 2.24) is 5.32 Å². The van der Waals surface area contributed by atoms with Gasteiger partial charge in [0.05, 0.1) is 5.88 Å². The summed E-state index contributed by atoms with van der Waals surface area (Å²) >= 11 is 5.30. The highest BCUT2D eigenvalue weighted by molar-refractivity contribution is 6.27. The van der Waals surface area contributed by atoms with Crippen molar-refractivity contribution in [3.05, 3.63) is 0 Å². The monoisotopic (exact) mass is 134 g/mol. The Kier molecular flexibility index (Phi) is 4.76. The average Bonchev–Trinajstić information content (AvgIpc) is 1.83. The van der Waals surface area contributed by atoms with Gasteiger partial charge in [0, 0.05) is 6.54 Å². The van der Waals surface area contributed by atoms with E-state index in [1.54, 1.807) is 0 Å². The van der Waals surface area contributed by atoms with Crippen LogP contribution in [-0.4, -0.2) is 18.3 Å². The molecule has 0 aromatic rings. The van der Waals surface area contributed by atoms with E-state index in [0.717, 1.165) is 13.0 Å². The van der Waals surface area contributed by atoms with E-state index in [9.17, 15) is 0 Å². The lowest BCUT2D eigenvalue weighted by atomic mass is 10.5. The summed E-state index contributed by atoms with van der Waals surface area (Å²) in [5.41, 5.74) is 0. The number of alkyl halides is 1. The van der Waals surface area contributed by atoms with Crippen molar-refractivity contribution in [2.75, 3.05) is 12.4 Å². The molecule has 2 N–H and O–H groups in total. The highest BCUT2D eigenvalue weighted by Crippen LogP contribution is 1.75. The lowest BCUT2D eigenvalue weighted by Crippen LogP contribution is -2.23. The van der Waals surface area contributed by atoms with Crippen LogP contribution in [-0.2, 0) is 0 Å². The number of halogens is 1. The number of hydrogen-bond acceptors (Lipinski definition) is 1. The minimum atomic E-state index is 0.292. The molecule has 0 aliphatic carbocycles. The van der Waals surface area contributed by atoms with Crippen molar-refractivity contribution >= 4 is 17.4 Å². The van der Waals surface area contributed by atoms with Gasteiger partial charge in [0.2, 0.25) is 0 Å². The van der Waals surface area contributed by atoms with Gasteiger partial charge in [-0.3, -0.25) is 5.41 Å². The Bertz CT molecular complexity index is 72.8. The third-order valence-electron chi connectivity index (χ3n) is 0.722. The first-order valence-corrected chi connectivity index (χ1v) is 3.22. The molecule has 0 radical (unpaired) electrons. The number of rotatable bonds is 3. The van der Waals surface area contributed by atoms with E-state index < -0.39 is 0 Å². The fourth-order valence-electron chi connectivity index (χ4n) is 0.323. The van der Waals surface area contributed by atoms with Crippen LogP contribution < -0.4 is 5.32 Å². The summed E-state index contributed by atoms with van der Waals surface area (Å²) in [7, 11) is 0. The van der Waals surface area contributed by atoms with Gasteiger partial charge in [0.15, 0.2) is 0 Å². The maximum absolute atomic E-state index is 7.00. The van der Waals surface area contributed by atoms with Gasteiger partial charge in [-0.15, -0.1) is 11.6 Å². The second kappa shape index (κ2) is 4.91. The van der Waals surface area contributed by atoms with Crippen LogP contribution in [0.4, 0.5) is 0 Å². The third-order valence-corrected chi connectivity index (χ3v) is 0.989. The standard InChI is InChI=1S/C5H11ClN2/c1-2-3-8-5(7)4-6/h2-4H2,1H3,(H2,7,8). The second-order valence-electron chi connectivity index (χ2n) is 1.54. The van der Waals surface area contributed by atoms with Gasteiger partial charge >= 0.3 is 0 Å². The van der Waals surface area contributed by atoms with Crippen molar-refractivity contribution < 1.29 is 0 Å². The Morgan fingerprint density at radius 1 is 1.75 bits per heavy atom. The predicted octanol–water partition coefficient (Wildman–Crippen LogP) is 1.20. The smallest absolute Gasteiger partial charge is 0.108 e. The van der Waals surface area contributed by atoms with Crippen molar-refractivity contribution in [3.63, 3.8) is 0 Å². The molecule has 0 spiro atoms. The molecule has 0 heterocycles. The van der Waals surface area contributed by atoms with Gasteiger partial charge in [0.1, 0.15) is 5.84 Å². The topological polar surface area (TPSA) is 35.9 Å². The predicted molar refractivity (Wildman–Crippen MR) is 36.7 cm³/mol. The highest BCUT2D eigenvalue weighted by atomic mass is 35.5. The summed E-state index contributed by atoms with van der Waals surface area (Å²) in [6, 6.07) is 0. The first kappa shape index (κ1) is 7.76. The summed E-state index contributed by atoms with van der Waals surface area (Å²) in [4.78, 5) is 0. The summed E-state index contributed by atoms with van der Waals surface area (Å²) in [5.74, 6) is 0.702. The molecule has 0 rings (SSSR count). The van der Waals surface area contributed by atoms with Crippen molar-refractivity contribution in [2.24, 2.45) is 0 Å². The summed E-state index contributed by atoms with van der Waals surface area (Å²) < 4.78 is 0. The zero-order valence-corrected chi connectivity index (χ0v) is 5.76. The van der Waals surface area contributed by atoms with E-state index in [2.05, 4.69) is 12.2 Å². The summed E-state index contributed by atoms with van der Waals surface area (Å²) in [6.45, 7) is 2.90. The minimum Gasteiger partial charge on any atom is -0.373 e. The fraction of sp³-hybridized carbons (Fsp3) is 0.800. The Morgan fingerprint density at radius 3 is 2.75 bits per heavy atom. The largest absolute Gasteiger partial charge is 0.373 e. The number of nitrogens with one attached hydrogen (secondary N) is 2. The second-order valence-corrected chi connectivity index (χ2v) is 1.81. The van der Waals surface area contributed by atoms with E-state index in [-0.39, 0.29) is 0 Å². The maximum Gasteiger partial charge on any atom is 0.108 e. The van der Waals surface area contributed by atoms with Gasteiger partial charge in [0.25, 0.3) is 0 Å². The normalized spacial score (nSPS) is 8.75. The molecule has 0 fully saturated rings. The molecule has 0 saturated carbocycles.